The maximum atomic E-state index is 12.7. The summed E-state index contributed by atoms with van der Waals surface area (Å²) in [5.41, 5.74) is 0. The molecular formula is C9H15F2NO. The lowest BCUT2D eigenvalue weighted by Crippen LogP contribution is -2.48. The molecule has 1 aliphatic heterocycles. The normalized spacial score (nSPS) is 24.6. The second-order valence-electron chi connectivity index (χ2n) is 3.73. The Balaban J connectivity index is 2.64. The summed E-state index contributed by atoms with van der Waals surface area (Å²) < 4.78 is 25.4. The van der Waals surface area contributed by atoms with Crippen molar-refractivity contribution in [2.75, 3.05) is 6.54 Å². The summed E-state index contributed by atoms with van der Waals surface area (Å²) >= 11 is 0. The lowest BCUT2D eigenvalue weighted by atomic mass is 10.0. The summed E-state index contributed by atoms with van der Waals surface area (Å²) in [6.45, 7) is 2.96. The molecule has 1 fully saturated rings. The van der Waals surface area contributed by atoms with Crippen LogP contribution in [0.3, 0.4) is 0 Å². The van der Waals surface area contributed by atoms with Crippen LogP contribution in [0.5, 0.6) is 0 Å². The van der Waals surface area contributed by atoms with Crippen molar-refractivity contribution in [1.29, 1.82) is 0 Å². The number of likely N-dealkylation sites (tertiary alicyclic amines) is 1. The summed E-state index contributed by atoms with van der Waals surface area (Å²) in [5.74, 6) is -4.24. The Labute approximate surface area is 76.9 Å². The van der Waals surface area contributed by atoms with E-state index in [9.17, 15) is 13.6 Å². The Morgan fingerprint density at radius 1 is 1.46 bits per heavy atom. The molecule has 1 aliphatic rings. The third-order valence-electron chi connectivity index (χ3n) is 2.44. The molecule has 0 radical (unpaired) electrons. The fraction of sp³-hybridized carbons (Fsp3) is 0.889. The number of hydrogen-bond acceptors (Lipinski definition) is 1. The van der Waals surface area contributed by atoms with E-state index in [0.717, 1.165) is 19.3 Å². The van der Waals surface area contributed by atoms with Gasteiger partial charge in [-0.2, -0.15) is 8.78 Å². The zero-order valence-corrected chi connectivity index (χ0v) is 8.02. The fourth-order valence-corrected chi connectivity index (χ4v) is 1.65. The quantitative estimate of drug-likeness (QED) is 0.621. The fourth-order valence-electron chi connectivity index (χ4n) is 1.65. The minimum absolute atomic E-state index is 0.0351. The molecule has 0 aromatic rings. The van der Waals surface area contributed by atoms with E-state index in [1.54, 1.807) is 0 Å². The van der Waals surface area contributed by atoms with E-state index in [2.05, 4.69) is 0 Å². The summed E-state index contributed by atoms with van der Waals surface area (Å²) in [6, 6.07) is -0.0351. The second kappa shape index (κ2) is 3.60. The van der Waals surface area contributed by atoms with Gasteiger partial charge < -0.3 is 4.90 Å². The maximum Gasteiger partial charge on any atom is 0.322 e. The number of amides is 1. The number of hydrogen-bond donors (Lipinski definition) is 0. The zero-order chi connectivity index (χ0) is 10.1. The number of halogens is 2. The van der Waals surface area contributed by atoms with Gasteiger partial charge in [0.1, 0.15) is 0 Å². The number of alkyl halides is 2. The number of rotatable bonds is 1. The van der Waals surface area contributed by atoms with Crippen molar-refractivity contribution in [2.24, 2.45) is 0 Å². The molecule has 0 saturated carbocycles. The van der Waals surface area contributed by atoms with Gasteiger partial charge in [0, 0.05) is 19.5 Å². The van der Waals surface area contributed by atoms with Gasteiger partial charge in [0.25, 0.3) is 5.91 Å². The van der Waals surface area contributed by atoms with Crippen molar-refractivity contribution >= 4 is 5.91 Å². The highest BCUT2D eigenvalue weighted by molar-refractivity contribution is 5.83. The summed E-state index contributed by atoms with van der Waals surface area (Å²) in [4.78, 5) is 12.5. The van der Waals surface area contributed by atoms with Crippen LogP contribution >= 0.6 is 0 Å². The highest BCUT2D eigenvalue weighted by Gasteiger charge is 2.38. The molecule has 1 unspecified atom stereocenters. The molecule has 0 N–H and O–H groups in total. The molecule has 0 bridgehead atoms. The molecule has 0 aliphatic carbocycles. The van der Waals surface area contributed by atoms with Gasteiger partial charge in [-0.25, -0.2) is 0 Å². The van der Waals surface area contributed by atoms with Crippen molar-refractivity contribution in [1.82, 2.24) is 4.90 Å². The molecule has 0 aromatic heterocycles. The SMILES string of the molecule is CC1CCCCN1C(=O)C(C)(F)F. The van der Waals surface area contributed by atoms with Gasteiger partial charge in [0.2, 0.25) is 0 Å². The number of piperidine rings is 1. The smallest absolute Gasteiger partial charge is 0.322 e. The minimum atomic E-state index is -3.22. The first-order chi connectivity index (χ1) is 5.93. The molecule has 76 valence electrons. The molecule has 2 nitrogen and oxygen atoms in total. The lowest BCUT2D eigenvalue weighted by molar-refractivity contribution is -0.158. The minimum Gasteiger partial charge on any atom is -0.335 e. The first-order valence-corrected chi connectivity index (χ1v) is 4.62. The number of carbonyl (C=O) groups excluding carboxylic acids is 1. The van der Waals surface area contributed by atoms with Crippen molar-refractivity contribution in [2.45, 2.75) is 45.1 Å². The van der Waals surface area contributed by atoms with Crippen LogP contribution in [0.15, 0.2) is 0 Å². The zero-order valence-electron chi connectivity index (χ0n) is 8.02. The molecule has 1 heterocycles. The van der Waals surface area contributed by atoms with Gasteiger partial charge in [-0.3, -0.25) is 4.79 Å². The van der Waals surface area contributed by atoms with Gasteiger partial charge in [0.15, 0.2) is 0 Å². The average molecular weight is 191 g/mol. The molecule has 0 spiro atoms. The van der Waals surface area contributed by atoms with Crippen LogP contribution in [-0.2, 0) is 4.79 Å². The molecule has 4 heteroatoms. The Morgan fingerprint density at radius 2 is 2.08 bits per heavy atom. The van der Waals surface area contributed by atoms with Gasteiger partial charge >= 0.3 is 5.92 Å². The summed E-state index contributed by atoms with van der Waals surface area (Å²) in [6.07, 6.45) is 2.70. The standard InChI is InChI=1S/C9H15F2NO/c1-7-5-3-4-6-12(7)8(13)9(2,10)11/h7H,3-6H2,1-2H3. The Hall–Kier alpha value is -0.670. The average Bonchev–Trinajstić information content (AvgIpc) is 2.02. The highest BCUT2D eigenvalue weighted by Crippen LogP contribution is 2.23. The van der Waals surface area contributed by atoms with Crippen LogP contribution in [-0.4, -0.2) is 29.3 Å². The third kappa shape index (κ3) is 2.39. The van der Waals surface area contributed by atoms with E-state index in [1.165, 1.54) is 4.90 Å². The van der Waals surface area contributed by atoms with E-state index in [1.807, 2.05) is 6.92 Å². The largest absolute Gasteiger partial charge is 0.335 e. The van der Waals surface area contributed by atoms with Crippen molar-refractivity contribution in [3.05, 3.63) is 0 Å². The Morgan fingerprint density at radius 3 is 2.54 bits per heavy atom. The molecule has 0 aromatic carbocycles. The number of nitrogens with zero attached hydrogens (tertiary/aromatic N) is 1. The van der Waals surface area contributed by atoms with Crippen molar-refractivity contribution < 1.29 is 13.6 Å². The first kappa shape index (κ1) is 10.4. The summed E-state index contributed by atoms with van der Waals surface area (Å²) in [7, 11) is 0. The van der Waals surface area contributed by atoms with Gasteiger partial charge in [-0.15, -0.1) is 0 Å². The Bertz CT molecular complexity index is 200. The molecular weight excluding hydrogens is 176 g/mol. The number of carbonyl (C=O) groups is 1. The van der Waals surface area contributed by atoms with Gasteiger partial charge in [-0.05, 0) is 26.2 Å². The van der Waals surface area contributed by atoms with Crippen LogP contribution in [0, 0.1) is 0 Å². The molecule has 1 saturated heterocycles. The van der Waals surface area contributed by atoms with Crippen LogP contribution < -0.4 is 0 Å². The third-order valence-corrected chi connectivity index (χ3v) is 2.44. The summed E-state index contributed by atoms with van der Waals surface area (Å²) in [5, 5.41) is 0. The van der Waals surface area contributed by atoms with E-state index in [0.29, 0.717) is 13.5 Å². The predicted octanol–water partition coefficient (Wildman–Crippen LogP) is 2.04. The van der Waals surface area contributed by atoms with Crippen LogP contribution in [0.2, 0.25) is 0 Å². The predicted molar refractivity (Wildman–Crippen MR) is 45.6 cm³/mol. The van der Waals surface area contributed by atoms with Crippen LogP contribution in [0.1, 0.15) is 33.1 Å². The van der Waals surface area contributed by atoms with Crippen molar-refractivity contribution in [3.8, 4) is 0 Å². The van der Waals surface area contributed by atoms with Crippen LogP contribution in [0.4, 0.5) is 8.78 Å². The van der Waals surface area contributed by atoms with Crippen molar-refractivity contribution in [3.63, 3.8) is 0 Å². The molecule has 1 amide bonds. The molecule has 1 atom stereocenters. The van der Waals surface area contributed by atoms with Crippen LogP contribution in [0.25, 0.3) is 0 Å². The molecule has 1 rings (SSSR count). The monoisotopic (exact) mass is 191 g/mol. The van der Waals surface area contributed by atoms with E-state index >= 15 is 0 Å². The highest BCUT2D eigenvalue weighted by atomic mass is 19.3. The van der Waals surface area contributed by atoms with E-state index in [-0.39, 0.29) is 6.04 Å². The van der Waals surface area contributed by atoms with E-state index in [4.69, 9.17) is 0 Å². The lowest BCUT2D eigenvalue weighted by Gasteiger charge is -2.34. The first-order valence-electron chi connectivity index (χ1n) is 4.62. The molecule has 13 heavy (non-hydrogen) atoms. The topological polar surface area (TPSA) is 20.3 Å². The second-order valence-corrected chi connectivity index (χ2v) is 3.73. The van der Waals surface area contributed by atoms with Gasteiger partial charge in [-0.1, -0.05) is 0 Å². The Kier molecular flexibility index (Phi) is 2.88. The van der Waals surface area contributed by atoms with E-state index < -0.39 is 11.8 Å². The maximum absolute atomic E-state index is 12.7. The van der Waals surface area contributed by atoms with Gasteiger partial charge in [0.05, 0.1) is 0 Å².